The summed E-state index contributed by atoms with van der Waals surface area (Å²) in [6.07, 6.45) is -6.11. The lowest BCUT2D eigenvalue weighted by Crippen LogP contribution is -2.59. The van der Waals surface area contributed by atoms with Crippen LogP contribution in [-0.4, -0.2) is 81.1 Å². The van der Waals surface area contributed by atoms with E-state index in [1.807, 2.05) is 0 Å². The van der Waals surface area contributed by atoms with E-state index >= 15 is 0 Å². The van der Waals surface area contributed by atoms with E-state index in [1.165, 1.54) is 21.1 Å². The van der Waals surface area contributed by atoms with Gasteiger partial charge in [0.05, 0.1) is 14.2 Å². The topological polar surface area (TPSA) is 167 Å². The quantitative estimate of drug-likeness (QED) is 0.249. The van der Waals surface area contributed by atoms with E-state index in [-0.39, 0.29) is 19.4 Å². The Morgan fingerprint density at radius 3 is 1.80 bits per heavy atom. The van der Waals surface area contributed by atoms with E-state index in [0.717, 1.165) is 20.8 Å². The highest BCUT2D eigenvalue weighted by Crippen LogP contribution is 2.43. The molecule has 0 saturated carbocycles. The molecular formula is C27H32O13. The van der Waals surface area contributed by atoms with Gasteiger partial charge in [0.25, 0.3) is 0 Å². The minimum Gasteiger partial charge on any atom is -0.468 e. The highest BCUT2D eigenvalue weighted by atomic mass is 16.7. The summed E-state index contributed by atoms with van der Waals surface area (Å²) in [5.41, 5.74) is 0.152. The van der Waals surface area contributed by atoms with Crippen LogP contribution in [0.4, 0.5) is 0 Å². The van der Waals surface area contributed by atoms with E-state index in [2.05, 4.69) is 0 Å². The Morgan fingerprint density at radius 1 is 0.750 bits per heavy atom. The van der Waals surface area contributed by atoms with Crippen LogP contribution >= 0.6 is 0 Å². The summed E-state index contributed by atoms with van der Waals surface area (Å²) in [7, 11) is 2.36. The lowest BCUT2D eigenvalue weighted by atomic mass is 9.85. The summed E-state index contributed by atoms with van der Waals surface area (Å²) in [6.45, 7) is 4.23. The number of carbonyl (C=O) groups is 6. The molecule has 0 amide bonds. The Morgan fingerprint density at radius 2 is 1.27 bits per heavy atom. The molecule has 2 aliphatic rings. The molecule has 1 aliphatic carbocycles. The normalized spacial score (nSPS) is 24.6. The molecule has 3 rings (SSSR count). The highest BCUT2D eigenvalue weighted by molar-refractivity contribution is 6.01. The Balaban J connectivity index is 2.09. The zero-order chi connectivity index (χ0) is 29.8. The average molecular weight is 565 g/mol. The zero-order valence-corrected chi connectivity index (χ0v) is 23.0. The number of hydrogen-bond donors (Lipinski definition) is 0. The maximum absolute atomic E-state index is 12.7. The fraction of sp³-hybridized carbons (Fsp3) is 0.556. The summed E-state index contributed by atoms with van der Waals surface area (Å²) in [6, 6.07) is 5.00. The number of methoxy groups -OCH3 is 2. The number of esters is 6. The van der Waals surface area contributed by atoms with Crippen LogP contribution < -0.4 is 0 Å². The van der Waals surface area contributed by atoms with Crippen molar-refractivity contribution in [2.24, 2.45) is 5.41 Å². The van der Waals surface area contributed by atoms with Crippen molar-refractivity contribution in [2.45, 2.75) is 71.1 Å². The van der Waals surface area contributed by atoms with E-state index in [4.69, 9.17) is 33.2 Å². The van der Waals surface area contributed by atoms with Crippen molar-refractivity contribution in [2.75, 3.05) is 20.8 Å². The molecule has 0 unspecified atom stereocenters. The van der Waals surface area contributed by atoms with Crippen LogP contribution in [0.15, 0.2) is 18.2 Å². The standard InChI is InChI=1S/C27H32O13/c1-13(28)36-12-20-22(37-14(2)29)24(39-16(4)31)23(38-15(3)30)21(40-20)17-7-8-18-10-27(25(32)34-5,26(33)35-6)11-19(18)9-17/h7-9,20-24H,10-12H2,1-6H3/t20-,21+,22-,23+,24+/m1/s1. The van der Waals surface area contributed by atoms with Gasteiger partial charge in [0.1, 0.15) is 18.8 Å². The number of hydrogen-bond acceptors (Lipinski definition) is 13. The summed E-state index contributed by atoms with van der Waals surface area (Å²) in [5.74, 6) is -4.34. The van der Waals surface area contributed by atoms with Crippen molar-refractivity contribution < 1.29 is 61.9 Å². The molecule has 13 heteroatoms. The first-order chi connectivity index (χ1) is 18.8. The third kappa shape index (κ3) is 6.41. The van der Waals surface area contributed by atoms with Crippen molar-refractivity contribution in [1.82, 2.24) is 0 Å². The number of fused-ring (bicyclic) bond motifs is 1. The van der Waals surface area contributed by atoms with Crippen LogP contribution in [0.3, 0.4) is 0 Å². The molecule has 1 aromatic rings. The third-order valence-corrected chi connectivity index (χ3v) is 6.69. The Labute approximate surface area is 230 Å². The number of ether oxygens (including phenoxy) is 7. The first-order valence-corrected chi connectivity index (χ1v) is 12.4. The smallest absolute Gasteiger partial charge is 0.323 e. The number of benzene rings is 1. The van der Waals surface area contributed by atoms with Gasteiger partial charge in [-0.1, -0.05) is 18.2 Å². The second kappa shape index (κ2) is 12.5. The van der Waals surface area contributed by atoms with Crippen LogP contribution in [0.5, 0.6) is 0 Å². The number of carbonyl (C=O) groups excluding carboxylic acids is 6. The molecule has 1 fully saturated rings. The van der Waals surface area contributed by atoms with Gasteiger partial charge in [0.15, 0.2) is 23.7 Å². The van der Waals surface area contributed by atoms with Gasteiger partial charge in [-0.3, -0.25) is 28.8 Å². The molecular weight excluding hydrogens is 532 g/mol. The fourth-order valence-corrected chi connectivity index (χ4v) is 5.13. The Bertz CT molecular complexity index is 1170. The van der Waals surface area contributed by atoms with Gasteiger partial charge < -0.3 is 33.2 Å². The second-order valence-electron chi connectivity index (χ2n) is 9.57. The molecule has 1 saturated heterocycles. The largest absolute Gasteiger partial charge is 0.468 e. The zero-order valence-electron chi connectivity index (χ0n) is 23.0. The molecule has 13 nitrogen and oxygen atoms in total. The Hall–Kier alpha value is -4.00. The van der Waals surface area contributed by atoms with Crippen LogP contribution in [0.1, 0.15) is 50.5 Å². The Kier molecular flexibility index (Phi) is 9.51. The van der Waals surface area contributed by atoms with E-state index in [9.17, 15) is 28.8 Å². The summed E-state index contributed by atoms with van der Waals surface area (Å²) in [4.78, 5) is 73.1. The van der Waals surface area contributed by atoms with Crippen molar-refractivity contribution >= 4 is 35.8 Å². The highest BCUT2D eigenvalue weighted by Gasteiger charge is 2.55. The van der Waals surface area contributed by atoms with Gasteiger partial charge in [-0.25, -0.2) is 0 Å². The molecule has 218 valence electrons. The molecule has 0 bridgehead atoms. The second-order valence-corrected chi connectivity index (χ2v) is 9.57. The summed E-state index contributed by atoms with van der Waals surface area (Å²) >= 11 is 0. The molecule has 0 aromatic heterocycles. The van der Waals surface area contributed by atoms with E-state index in [1.54, 1.807) is 18.2 Å². The lowest BCUT2D eigenvalue weighted by molar-refractivity contribution is -0.254. The van der Waals surface area contributed by atoms with Gasteiger partial charge in [0, 0.05) is 27.7 Å². The lowest BCUT2D eigenvalue weighted by Gasteiger charge is -2.44. The average Bonchev–Trinajstić information content (AvgIpc) is 3.28. The fourth-order valence-electron chi connectivity index (χ4n) is 5.13. The predicted molar refractivity (Wildman–Crippen MR) is 131 cm³/mol. The van der Waals surface area contributed by atoms with Gasteiger partial charge >= 0.3 is 35.8 Å². The molecule has 40 heavy (non-hydrogen) atoms. The van der Waals surface area contributed by atoms with Crippen molar-refractivity contribution in [1.29, 1.82) is 0 Å². The van der Waals surface area contributed by atoms with E-state index in [0.29, 0.717) is 16.7 Å². The molecule has 1 heterocycles. The molecule has 1 aliphatic heterocycles. The third-order valence-electron chi connectivity index (χ3n) is 6.69. The van der Waals surface area contributed by atoms with Gasteiger partial charge in [-0.05, 0) is 29.5 Å². The van der Waals surface area contributed by atoms with Crippen LogP contribution in [0.25, 0.3) is 0 Å². The molecule has 0 spiro atoms. The van der Waals surface area contributed by atoms with E-state index < -0.39 is 71.8 Å². The SMILES string of the molecule is COC(=O)C1(C(=O)OC)Cc2ccc([C@@H]3O[C@H](COC(C)=O)[C@@H](OC(C)=O)[C@H](OC(C)=O)[C@H]3OC(C)=O)cc2C1. The molecule has 1 aromatic carbocycles. The molecule has 0 radical (unpaired) electrons. The first kappa shape index (κ1) is 30.5. The van der Waals surface area contributed by atoms with Crippen molar-refractivity contribution in [3.63, 3.8) is 0 Å². The predicted octanol–water partition coefficient (Wildman–Crippen LogP) is 0.916. The first-order valence-electron chi connectivity index (χ1n) is 12.4. The van der Waals surface area contributed by atoms with Crippen LogP contribution in [-0.2, 0) is 74.8 Å². The molecule has 0 N–H and O–H groups in total. The number of rotatable bonds is 8. The minimum absolute atomic E-state index is 0.0270. The maximum Gasteiger partial charge on any atom is 0.323 e. The monoisotopic (exact) mass is 564 g/mol. The van der Waals surface area contributed by atoms with Crippen molar-refractivity contribution in [3.8, 4) is 0 Å². The molecule has 5 atom stereocenters. The van der Waals surface area contributed by atoms with Crippen molar-refractivity contribution in [3.05, 3.63) is 34.9 Å². The maximum atomic E-state index is 12.7. The summed E-state index contributed by atoms with van der Waals surface area (Å²) in [5, 5.41) is 0. The van der Waals surface area contributed by atoms with Crippen LogP contribution in [0.2, 0.25) is 0 Å². The van der Waals surface area contributed by atoms with Crippen LogP contribution in [0, 0.1) is 5.41 Å². The van der Waals surface area contributed by atoms with Gasteiger partial charge in [-0.15, -0.1) is 0 Å². The van der Waals surface area contributed by atoms with Gasteiger partial charge in [0.2, 0.25) is 0 Å². The summed E-state index contributed by atoms with van der Waals surface area (Å²) < 4.78 is 37.6. The van der Waals surface area contributed by atoms with Gasteiger partial charge in [-0.2, -0.15) is 0 Å². The minimum atomic E-state index is -1.58.